The third-order valence-corrected chi connectivity index (χ3v) is 5.80. The zero-order valence-corrected chi connectivity index (χ0v) is 16.8. The Morgan fingerprint density at radius 3 is 2.73 bits per heavy atom. The smallest absolute Gasteiger partial charge is 0.270 e. The zero-order chi connectivity index (χ0) is 21.3. The van der Waals surface area contributed by atoms with Gasteiger partial charge in [-0.2, -0.15) is 0 Å². The van der Waals surface area contributed by atoms with E-state index in [1.165, 1.54) is 35.6 Å². The molecule has 0 spiro atoms. The van der Waals surface area contributed by atoms with Gasteiger partial charge in [0.1, 0.15) is 5.01 Å². The number of nitro benzene ring substituents is 1. The van der Waals surface area contributed by atoms with Crippen LogP contribution in [0.25, 0.3) is 0 Å². The van der Waals surface area contributed by atoms with Gasteiger partial charge in [0.25, 0.3) is 11.6 Å². The van der Waals surface area contributed by atoms with Crippen LogP contribution in [0.1, 0.15) is 33.3 Å². The number of aryl methyl sites for hydroxylation is 1. The molecule has 3 aromatic rings. The van der Waals surface area contributed by atoms with Crippen molar-refractivity contribution in [3.63, 3.8) is 0 Å². The Morgan fingerprint density at radius 1 is 1.23 bits per heavy atom. The molecule has 1 saturated heterocycles. The molecule has 0 saturated carbocycles. The van der Waals surface area contributed by atoms with Crippen molar-refractivity contribution in [1.29, 1.82) is 0 Å². The number of non-ortho nitro benzene ring substituents is 1. The van der Waals surface area contributed by atoms with Gasteiger partial charge < -0.3 is 4.90 Å². The van der Waals surface area contributed by atoms with Gasteiger partial charge in [-0.05, 0) is 25.1 Å². The van der Waals surface area contributed by atoms with Gasteiger partial charge in [-0.15, -0.1) is 10.2 Å². The number of carbonyl (C=O) groups is 2. The molecule has 152 valence electrons. The fourth-order valence-electron chi connectivity index (χ4n) is 3.23. The summed E-state index contributed by atoms with van der Waals surface area (Å²) in [4.78, 5) is 36.9. The number of nitrogens with zero attached hydrogens (tertiary/aromatic N) is 4. The van der Waals surface area contributed by atoms with Crippen LogP contribution >= 0.6 is 11.3 Å². The molecule has 1 aliphatic heterocycles. The SMILES string of the molecule is Cc1ccc(N2CC(c3nnc(NC(=O)c4cccc([N+](=O)[O-])c4)s3)CC2=O)cc1. The molecule has 1 fully saturated rings. The Labute approximate surface area is 175 Å². The lowest BCUT2D eigenvalue weighted by Crippen LogP contribution is -2.24. The highest BCUT2D eigenvalue weighted by atomic mass is 32.1. The first-order chi connectivity index (χ1) is 14.4. The fraction of sp³-hybridized carbons (Fsp3) is 0.200. The summed E-state index contributed by atoms with van der Waals surface area (Å²) in [5, 5.41) is 22.6. The predicted molar refractivity (Wildman–Crippen MR) is 112 cm³/mol. The Hall–Kier alpha value is -3.66. The first kappa shape index (κ1) is 19.6. The molecule has 1 aromatic heterocycles. The van der Waals surface area contributed by atoms with Gasteiger partial charge in [-0.3, -0.25) is 25.0 Å². The second kappa shape index (κ2) is 7.99. The monoisotopic (exact) mass is 423 g/mol. The minimum absolute atomic E-state index is 0.0150. The molecular weight excluding hydrogens is 406 g/mol. The number of carbonyl (C=O) groups excluding carboxylic acids is 2. The number of hydrogen-bond donors (Lipinski definition) is 1. The lowest BCUT2D eigenvalue weighted by Gasteiger charge is -2.16. The van der Waals surface area contributed by atoms with E-state index < -0.39 is 10.8 Å². The van der Waals surface area contributed by atoms with Crippen molar-refractivity contribution < 1.29 is 14.5 Å². The van der Waals surface area contributed by atoms with Crippen molar-refractivity contribution >= 4 is 39.7 Å². The average molecular weight is 423 g/mol. The first-order valence-corrected chi connectivity index (χ1v) is 9.98. The third-order valence-electron chi connectivity index (χ3n) is 4.80. The number of amides is 2. The van der Waals surface area contributed by atoms with E-state index in [1.807, 2.05) is 31.2 Å². The third kappa shape index (κ3) is 4.03. The van der Waals surface area contributed by atoms with E-state index in [0.29, 0.717) is 18.0 Å². The second-order valence-corrected chi connectivity index (χ2v) is 7.96. The van der Waals surface area contributed by atoms with Crippen LogP contribution < -0.4 is 10.2 Å². The van der Waals surface area contributed by atoms with Crippen LogP contribution in [0.2, 0.25) is 0 Å². The van der Waals surface area contributed by atoms with Gasteiger partial charge in [0, 0.05) is 42.3 Å². The maximum absolute atomic E-state index is 12.5. The van der Waals surface area contributed by atoms with E-state index in [1.54, 1.807) is 4.90 Å². The minimum atomic E-state index is -0.559. The Kier molecular flexibility index (Phi) is 5.23. The summed E-state index contributed by atoms with van der Waals surface area (Å²) in [6.45, 7) is 2.48. The Morgan fingerprint density at radius 2 is 2.00 bits per heavy atom. The van der Waals surface area contributed by atoms with Crippen molar-refractivity contribution in [3.05, 3.63) is 74.8 Å². The van der Waals surface area contributed by atoms with Gasteiger partial charge in [-0.25, -0.2) is 0 Å². The lowest BCUT2D eigenvalue weighted by molar-refractivity contribution is -0.384. The molecule has 2 heterocycles. The van der Waals surface area contributed by atoms with E-state index in [2.05, 4.69) is 15.5 Å². The lowest BCUT2D eigenvalue weighted by atomic mass is 10.1. The normalized spacial score (nSPS) is 16.0. The van der Waals surface area contributed by atoms with Crippen molar-refractivity contribution in [2.45, 2.75) is 19.3 Å². The van der Waals surface area contributed by atoms with Gasteiger partial charge in [-0.1, -0.05) is 35.1 Å². The van der Waals surface area contributed by atoms with Gasteiger partial charge >= 0.3 is 0 Å². The summed E-state index contributed by atoms with van der Waals surface area (Å²) in [5.41, 5.74) is 1.95. The van der Waals surface area contributed by atoms with Crippen LogP contribution in [-0.2, 0) is 4.79 Å². The number of benzene rings is 2. The van der Waals surface area contributed by atoms with Crippen molar-refractivity contribution in [2.75, 3.05) is 16.8 Å². The number of hydrogen-bond acceptors (Lipinski definition) is 7. The molecule has 4 rings (SSSR count). The highest BCUT2D eigenvalue weighted by Crippen LogP contribution is 2.34. The molecule has 30 heavy (non-hydrogen) atoms. The van der Waals surface area contributed by atoms with Crippen molar-refractivity contribution in [2.24, 2.45) is 0 Å². The first-order valence-electron chi connectivity index (χ1n) is 9.17. The van der Waals surface area contributed by atoms with Gasteiger partial charge in [0.05, 0.1) is 4.92 Å². The highest BCUT2D eigenvalue weighted by Gasteiger charge is 2.34. The molecule has 0 bridgehead atoms. The number of nitrogens with one attached hydrogen (secondary N) is 1. The molecule has 0 radical (unpaired) electrons. The standard InChI is InChI=1S/C20H17N5O4S/c1-12-5-7-15(8-6-12)24-11-14(10-17(24)26)19-22-23-20(30-19)21-18(27)13-3-2-4-16(9-13)25(28)29/h2-9,14H,10-11H2,1H3,(H,21,23,27). The average Bonchev–Trinajstić information content (AvgIpc) is 3.35. The summed E-state index contributed by atoms with van der Waals surface area (Å²) < 4.78 is 0. The summed E-state index contributed by atoms with van der Waals surface area (Å²) in [6, 6.07) is 13.2. The van der Waals surface area contributed by atoms with E-state index in [-0.39, 0.29) is 28.2 Å². The largest absolute Gasteiger partial charge is 0.312 e. The molecule has 2 aromatic carbocycles. The summed E-state index contributed by atoms with van der Waals surface area (Å²) in [6.07, 6.45) is 0.321. The predicted octanol–water partition coefficient (Wildman–Crippen LogP) is 3.53. The number of aromatic nitrogens is 2. The molecular formula is C20H17N5O4S. The van der Waals surface area contributed by atoms with Crippen LogP contribution in [0.5, 0.6) is 0 Å². The number of nitro groups is 1. The topological polar surface area (TPSA) is 118 Å². The zero-order valence-electron chi connectivity index (χ0n) is 15.9. The van der Waals surface area contributed by atoms with E-state index in [4.69, 9.17) is 0 Å². The fourth-order valence-corrected chi connectivity index (χ4v) is 4.06. The van der Waals surface area contributed by atoms with Crippen molar-refractivity contribution in [3.8, 4) is 0 Å². The summed E-state index contributed by atoms with van der Waals surface area (Å²) in [5.74, 6) is -0.605. The minimum Gasteiger partial charge on any atom is -0.312 e. The molecule has 2 amide bonds. The van der Waals surface area contributed by atoms with Gasteiger partial charge in [0.2, 0.25) is 11.0 Å². The Balaban J connectivity index is 1.45. The van der Waals surface area contributed by atoms with Crippen LogP contribution in [0.4, 0.5) is 16.5 Å². The quantitative estimate of drug-likeness (QED) is 0.495. The van der Waals surface area contributed by atoms with Crippen molar-refractivity contribution in [1.82, 2.24) is 10.2 Å². The second-order valence-electron chi connectivity index (χ2n) is 6.95. The maximum Gasteiger partial charge on any atom is 0.270 e. The maximum atomic E-state index is 12.5. The molecule has 1 aliphatic rings. The molecule has 1 N–H and O–H groups in total. The molecule has 1 unspecified atom stereocenters. The Bertz CT molecular complexity index is 1130. The molecule has 9 nitrogen and oxygen atoms in total. The summed E-state index contributed by atoms with van der Waals surface area (Å²) >= 11 is 1.20. The summed E-state index contributed by atoms with van der Waals surface area (Å²) in [7, 11) is 0. The molecule has 1 atom stereocenters. The number of rotatable bonds is 5. The van der Waals surface area contributed by atoms with Crippen LogP contribution in [0.3, 0.4) is 0 Å². The molecule has 0 aliphatic carbocycles. The van der Waals surface area contributed by atoms with Crippen LogP contribution in [0, 0.1) is 17.0 Å². The van der Waals surface area contributed by atoms with Crippen LogP contribution in [-0.4, -0.2) is 33.5 Å². The van der Waals surface area contributed by atoms with E-state index >= 15 is 0 Å². The molecule has 10 heteroatoms. The van der Waals surface area contributed by atoms with Gasteiger partial charge in [0.15, 0.2) is 0 Å². The van der Waals surface area contributed by atoms with Crippen LogP contribution in [0.15, 0.2) is 48.5 Å². The highest BCUT2D eigenvalue weighted by molar-refractivity contribution is 7.15. The number of anilines is 2. The van der Waals surface area contributed by atoms with E-state index in [9.17, 15) is 19.7 Å². The van der Waals surface area contributed by atoms with E-state index in [0.717, 1.165) is 11.3 Å².